The maximum absolute atomic E-state index is 12.5. The van der Waals surface area contributed by atoms with Gasteiger partial charge in [-0.1, -0.05) is 19.3 Å². The zero-order valence-electron chi connectivity index (χ0n) is 15.2. The van der Waals surface area contributed by atoms with E-state index >= 15 is 0 Å². The molecule has 4 unspecified atom stereocenters. The van der Waals surface area contributed by atoms with E-state index in [-0.39, 0.29) is 42.7 Å². The molecule has 0 aliphatic heterocycles. The molecule has 4 rings (SSSR count). The predicted octanol–water partition coefficient (Wildman–Crippen LogP) is 4.07. The van der Waals surface area contributed by atoms with Crippen LogP contribution in [0.4, 0.5) is 0 Å². The number of hydrogen-bond donors (Lipinski definition) is 2. The Morgan fingerprint density at radius 2 is 1.88 bits per heavy atom. The third kappa shape index (κ3) is 4.54. The lowest BCUT2D eigenvalue weighted by Gasteiger charge is -2.26. The molecule has 7 heteroatoms. The molecule has 3 saturated carbocycles. The van der Waals surface area contributed by atoms with Gasteiger partial charge in [0.25, 0.3) is 0 Å². The SMILES string of the molecule is Cl.Cl.NC1C2CCC(C2)C1C(=O)NCCc1nc(C2CCCCC2)cs1. The highest BCUT2D eigenvalue weighted by Crippen LogP contribution is 2.47. The van der Waals surface area contributed by atoms with Crippen LogP contribution < -0.4 is 11.1 Å². The van der Waals surface area contributed by atoms with Crippen molar-refractivity contribution in [2.24, 2.45) is 23.5 Å². The molecule has 1 heterocycles. The van der Waals surface area contributed by atoms with Crippen LogP contribution in [-0.2, 0) is 11.2 Å². The van der Waals surface area contributed by atoms with Gasteiger partial charge in [-0.05, 0) is 43.9 Å². The zero-order chi connectivity index (χ0) is 16.5. The Kier molecular flexibility index (Phi) is 8.20. The second-order valence-electron chi connectivity index (χ2n) is 7.98. The first-order valence-corrected chi connectivity index (χ1v) is 10.6. The molecule has 26 heavy (non-hydrogen) atoms. The number of aromatic nitrogens is 1. The Morgan fingerprint density at radius 1 is 1.15 bits per heavy atom. The Morgan fingerprint density at radius 3 is 2.58 bits per heavy atom. The van der Waals surface area contributed by atoms with E-state index in [2.05, 4.69) is 10.7 Å². The minimum Gasteiger partial charge on any atom is -0.355 e. The molecule has 1 amide bonds. The Balaban J connectivity index is 0.00000121. The number of nitrogens with two attached hydrogens (primary N) is 1. The fourth-order valence-corrected chi connectivity index (χ4v) is 6.04. The monoisotopic (exact) mass is 419 g/mol. The molecule has 1 aromatic rings. The van der Waals surface area contributed by atoms with Crippen LogP contribution in [0.25, 0.3) is 0 Å². The van der Waals surface area contributed by atoms with Crippen LogP contribution in [0.3, 0.4) is 0 Å². The van der Waals surface area contributed by atoms with Gasteiger partial charge in [0.2, 0.25) is 5.91 Å². The summed E-state index contributed by atoms with van der Waals surface area (Å²) in [5, 5.41) is 6.52. The normalized spacial score (nSPS) is 30.5. The molecule has 0 aromatic carbocycles. The average Bonchev–Trinajstić information content (AvgIpc) is 3.31. The molecule has 3 fully saturated rings. The Bertz CT molecular complexity index is 589. The van der Waals surface area contributed by atoms with Crippen LogP contribution in [0, 0.1) is 17.8 Å². The Hall–Kier alpha value is -0.360. The van der Waals surface area contributed by atoms with E-state index in [0.717, 1.165) is 17.8 Å². The number of fused-ring (bicyclic) bond motifs is 2. The van der Waals surface area contributed by atoms with Crippen molar-refractivity contribution in [3.05, 3.63) is 16.1 Å². The topological polar surface area (TPSA) is 68.0 Å². The van der Waals surface area contributed by atoms with E-state index < -0.39 is 0 Å². The van der Waals surface area contributed by atoms with E-state index in [1.807, 2.05) is 0 Å². The van der Waals surface area contributed by atoms with Gasteiger partial charge in [0.05, 0.1) is 16.6 Å². The van der Waals surface area contributed by atoms with Gasteiger partial charge < -0.3 is 11.1 Å². The summed E-state index contributed by atoms with van der Waals surface area (Å²) >= 11 is 1.75. The van der Waals surface area contributed by atoms with Gasteiger partial charge in [0.1, 0.15) is 0 Å². The van der Waals surface area contributed by atoms with Crippen LogP contribution >= 0.6 is 36.2 Å². The lowest BCUT2D eigenvalue weighted by Crippen LogP contribution is -2.45. The van der Waals surface area contributed by atoms with Crippen LogP contribution in [-0.4, -0.2) is 23.5 Å². The average molecular weight is 420 g/mol. The van der Waals surface area contributed by atoms with Gasteiger partial charge in [-0.2, -0.15) is 0 Å². The van der Waals surface area contributed by atoms with Gasteiger partial charge in [0, 0.05) is 30.3 Å². The molecule has 4 nitrogen and oxygen atoms in total. The van der Waals surface area contributed by atoms with Gasteiger partial charge in [-0.3, -0.25) is 4.79 Å². The molecule has 4 atom stereocenters. The highest BCUT2D eigenvalue weighted by molar-refractivity contribution is 7.09. The van der Waals surface area contributed by atoms with Crippen molar-refractivity contribution in [3.8, 4) is 0 Å². The number of nitrogens with one attached hydrogen (secondary N) is 1. The molecule has 0 saturated heterocycles. The summed E-state index contributed by atoms with van der Waals surface area (Å²) in [4.78, 5) is 17.3. The van der Waals surface area contributed by atoms with Crippen molar-refractivity contribution in [1.29, 1.82) is 0 Å². The molecule has 3 aliphatic carbocycles. The fourth-order valence-electron chi connectivity index (χ4n) is 5.16. The summed E-state index contributed by atoms with van der Waals surface area (Å²) in [7, 11) is 0. The molecular formula is C19H31Cl2N3OS. The van der Waals surface area contributed by atoms with Crippen molar-refractivity contribution in [2.45, 2.75) is 69.7 Å². The van der Waals surface area contributed by atoms with Gasteiger partial charge in [0.15, 0.2) is 0 Å². The smallest absolute Gasteiger partial charge is 0.224 e. The summed E-state index contributed by atoms with van der Waals surface area (Å²) in [5.41, 5.74) is 7.55. The predicted molar refractivity (Wildman–Crippen MR) is 111 cm³/mol. The number of nitrogens with zero attached hydrogens (tertiary/aromatic N) is 1. The first kappa shape index (κ1) is 21.9. The Labute approximate surface area is 172 Å². The summed E-state index contributed by atoms with van der Waals surface area (Å²) in [6, 6.07) is 0.0847. The van der Waals surface area contributed by atoms with Crippen LogP contribution in [0.15, 0.2) is 5.38 Å². The minimum absolute atomic E-state index is 0. The van der Waals surface area contributed by atoms with Crippen molar-refractivity contribution < 1.29 is 4.79 Å². The van der Waals surface area contributed by atoms with E-state index in [4.69, 9.17) is 10.7 Å². The summed E-state index contributed by atoms with van der Waals surface area (Å²) < 4.78 is 0. The molecule has 3 N–H and O–H groups in total. The van der Waals surface area contributed by atoms with Crippen molar-refractivity contribution in [3.63, 3.8) is 0 Å². The fraction of sp³-hybridized carbons (Fsp3) is 0.789. The lowest BCUT2D eigenvalue weighted by atomic mass is 9.84. The second kappa shape index (κ2) is 9.72. The first-order chi connectivity index (χ1) is 11.7. The maximum atomic E-state index is 12.5. The van der Waals surface area contributed by atoms with E-state index in [0.29, 0.717) is 24.3 Å². The number of rotatable bonds is 5. The van der Waals surface area contributed by atoms with Crippen LogP contribution in [0.2, 0.25) is 0 Å². The van der Waals surface area contributed by atoms with Gasteiger partial charge in [-0.25, -0.2) is 4.98 Å². The summed E-state index contributed by atoms with van der Waals surface area (Å²) in [5.74, 6) is 2.02. The zero-order valence-corrected chi connectivity index (χ0v) is 17.6. The number of halogens is 2. The van der Waals surface area contributed by atoms with E-state index in [1.54, 1.807) is 11.3 Å². The maximum Gasteiger partial charge on any atom is 0.224 e. The minimum atomic E-state index is 0. The van der Waals surface area contributed by atoms with Crippen LogP contribution in [0.1, 0.15) is 68.0 Å². The number of carbonyl (C=O) groups excluding carboxylic acids is 1. The molecule has 1 aromatic heterocycles. The summed E-state index contributed by atoms with van der Waals surface area (Å²) in [6.45, 7) is 0.692. The first-order valence-electron chi connectivity index (χ1n) is 9.70. The highest BCUT2D eigenvalue weighted by atomic mass is 35.5. The molecule has 148 valence electrons. The molecule has 2 bridgehead atoms. The van der Waals surface area contributed by atoms with Crippen molar-refractivity contribution in [1.82, 2.24) is 10.3 Å². The molecule has 0 spiro atoms. The van der Waals surface area contributed by atoms with Crippen molar-refractivity contribution >= 4 is 42.1 Å². The van der Waals surface area contributed by atoms with Gasteiger partial charge in [-0.15, -0.1) is 36.2 Å². The number of thiazole rings is 1. The summed E-state index contributed by atoms with van der Waals surface area (Å²) in [6.07, 6.45) is 11.1. The van der Waals surface area contributed by atoms with Crippen molar-refractivity contribution in [2.75, 3.05) is 6.54 Å². The molecular weight excluding hydrogens is 389 g/mol. The standard InChI is InChI=1S/C19H29N3OS.2ClH/c20-18-14-7-6-13(10-14)17(18)19(23)21-9-8-16-22-15(11-24-16)12-4-2-1-3-5-12;;/h11-14,17-18H,1-10,20H2,(H,21,23);2*1H. The third-order valence-corrected chi connectivity index (χ3v) is 7.44. The lowest BCUT2D eigenvalue weighted by molar-refractivity contribution is -0.127. The third-order valence-electron chi connectivity index (χ3n) is 6.51. The number of amides is 1. The van der Waals surface area contributed by atoms with E-state index in [1.165, 1.54) is 50.6 Å². The van der Waals surface area contributed by atoms with E-state index in [9.17, 15) is 4.79 Å². The van der Waals surface area contributed by atoms with Gasteiger partial charge >= 0.3 is 0 Å². The number of hydrogen-bond acceptors (Lipinski definition) is 4. The quantitative estimate of drug-likeness (QED) is 0.755. The van der Waals surface area contributed by atoms with Crippen LogP contribution in [0.5, 0.6) is 0 Å². The molecule has 0 radical (unpaired) electrons. The second-order valence-corrected chi connectivity index (χ2v) is 8.92. The number of carbonyl (C=O) groups is 1. The molecule has 3 aliphatic rings. The highest BCUT2D eigenvalue weighted by Gasteiger charge is 2.48. The largest absolute Gasteiger partial charge is 0.355 e.